The number of rotatable bonds is 1. The Bertz CT molecular complexity index is 632. The molecule has 0 unspecified atom stereocenters. The molecule has 0 saturated heterocycles. The molecule has 0 radical (unpaired) electrons. The summed E-state index contributed by atoms with van der Waals surface area (Å²) < 4.78 is 5.00. The summed E-state index contributed by atoms with van der Waals surface area (Å²) in [5, 5.41) is 0.870. The Balaban J connectivity index is 2.29. The first-order valence-corrected chi connectivity index (χ1v) is 4.89. The van der Waals surface area contributed by atoms with E-state index in [4.69, 9.17) is 10.2 Å². The molecule has 3 aromatic rings. The van der Waals surface area contributed by atoms with E-state index in [0.717, 1.165) is 16.5 Å². The second-order valence-electron chi connectivity index (χ2n) is 3.46. The fourth-order valence-electron chi connectivity index (χ4n) is 1.62. The summed E-state index contributed by atoms with van der Waals surface area (Å²) in [7, 11) is 0. The molecule has 78 valence electrons. The normalized spacial score (nSPS) is 10.8. The third-order valence-corrected chi connectivity index (χ3v) is 2.41. The van der Waals surface area contributed by atoms with E-state index in [9.17, 15) is 0 Å². The third-order valence-electron chi connectivity index (χ3n) is 2.41. The van der Waals surface area contributed by atoms with Crippen LogP contribution >= 0.6 is 0 Å². The minimum Gasteiger partial charge on any atom is -0.472 e. The third kappa shape index (κ3) is 1.32. The van der Waals surface area contributed by atoms with Crippen molar-refractivity contribution < 1.29 is 4.42 Å². The molecule has 0 atom stereocenters. The van der Waals surface area contributed by atoms with Crippen LogP contribution in [0.5, 0.6) is 0 Å². The summed E-state index contributed by atoms with van der Waals surface area (Å²) in [6.45, 7) is 0. The van der Waals surface area contributed by atoms with Gasteiger partial charge < -0.3 is 10.2 Å². The highest BCUT2D eigenvalue weighted by molar-refractivity contribution is 5.89. The van der Waals surface area contributed by atoms with E-state index in [1.807, 2.05) is 30.3 Å². The lowest BCUT2D eigenvalue weighted by atomic mass is 10.2. The number of para-hydroxylation sites is 1. The number of nitrogen functional groups attached to an aromatic ring is 1. The Kier molecular flexibility index (Phi) is 1.86. The zero-order chi connectivity index (χ0) is 11.0. The average molecular weight is 211 g/mol. The molecule has 4 heteroatoms. The number of furan rings is 1. The van der Waals surface area contributed by atoms with Crippen LogP contribution in [-0.4, -0.2) is 9.97 Å². The largest absolute Gasteiger partial charge is 0.472 e. The highest BCUT2D eigenvalue weighted by atomic mass is 16.3. The summed E-state index contributed by atoms with van der Waals surface area (Å²) in [5.41, 5.74) is 7.55. The smallest absolute Gasteiger partial charge is 0.165 e. The number of aromatic nitrogens is 2. The number of anilines is 1. The van der Waals surface area contributed by atoms with Gasteiger partial charge in [-0.25, -0.2) is 9.97 Å². The molecule has 2 heterocycles. The average Bonchev–Trinajstić information content (AvgIpc) is 2.82. The van der Waals surface area contributed by atoms with E-state index in [2.05, 4.69) is 9.97 Å². The maximum absolute atomic E-state index is 5.88. The molecule has 0 bridgehead atoms. The number of hydrogen-bond donors (Lipinski definition) is 1. The fraction of sp³-hybridized carbons (Fsp3) is 0. The van der Waals surface area contributed by atoms with Gasteiger partial charge in [-0.05, 0) is 18.2 Å². The number of nitrogens with zero attached hydrogens (tertiary/aromatic N) is 2. The molecule has 0 saturated carbocycles. The van der Waals surface area contributed by atoms with Crippen molar-refractivity contribution in [1.82, 2.24) is 9.97 Å². The van der Waals surface area contributed by atoms with Gasteiger partial charge in [-0.1, -0.05) is 12.1 Å². The molecule has 0 aliphatic heterocycles. The summed E-state index contributed by atoms with van der Waals surface area (Å²) >= 11 is 0. The zero-order valence-corrected chi connectivity index (χ0v) is 8.42. The van der Waals surface area contributed by atoms with Crippen LogP contribution in [0.3, 0.4) is 0 Å². The van der Waals surface area contributed by atoms with Gasteiger partial charge in [0.05, 0.1) is 17.3 Å². The summed E-state index contributed by atoms with van der Waals surface area (Å²) in [6, 6.07) is 9.47. The Labute approximate surface area is 91.7 Å². The van der Waals surface area contributed by atoms with Crippen molar-refractivity contribution in [3.8, 4) is 11.4 Å². The predicted octanol–water partition coefficient (Wildman–Crippen LogP) is 2.47. The molecule has 3 rings (SSSR count). The number of hydrogen-bond acceptors (Lipinski definition) is 4. The monoisotopic (exact) mass is 211 g/mol. The summed E-state index contributed by atoms with van der Waals surface area (Å²) in [4.78, 5) is 8.68. The standard InChI is InChI=1S/C12H9N3O/c13-11-9-3-1-2-4-10(9)14-12(15-11)8-5-6-16-7-8/h1-7H,(H2,13,14,15). The second kappa shape index (κ2) is 3.34. The van der Waals surface area contributed by atoms with Crippen LogP contribution in [0.15, 0.2) is 47.3 Å². The van der Waals surface area contributed by atoms with Crippen LogP contribution in [0.1, 0.15) is 0 Å². The van der Waals surface area contributed by atoms with E-state index in [1.165, 1.54) is 0 Å². The van der Waals surface area contributed by atoms with Crippen molar-refractivity contribution in [3.63, 3.8) is 0 Å². The van der Waals surface area contributed by atoms with E-state index >= 15 is 0 Å². The van der Waals surface area contributed by atoms with Gasteiger partial charge in [0, 0.05) is 5.39 Å². The Hall–Kier alpha value is -2.36. The number of fused-ring (bicyclic) bond motifs is 1. The van der Waals surface area contributed by atoms with Crippen LogP contribution < -0.4 is 5.73 Å². The molecule has 0 aliphatic rings. The minimum absolute atomic E-state index is 0.488. The van der Waals surface area contributed by atoms with Gasteiger partial charge in [0.15, 0.2) is 5.82 Å². The van der Waals surface area contributed by atoms with Gasteiger partial charge in [0.2, 0.25) is 0 Å². The van der Waals surface area contributed by atoms with Gasteiger partial charge in [0.25, 0.3) is 0 Å². The maximum atomic E-state index is 5.88. The van der Waals surface area contributed by atoms with Crippen LogP contribution in [0.4, 0.5) is 5.82 Å². The van der Waals surface area contributed by atoms with Gasteiger partial charge in [0.1, 0.15) is 12.1 Å². The lowest BCUT2D eigenvalue weighted by Gasteiger charge is -2.02. The van der Waals surface area contributed by atoms with E-state index in [-0.39, 0.29) is 0 Å². The molecule has 4 nitrogen and oxygen atoms in total. The highest BCUT2D eigenvalue weighted by Gasteiger charge is 2.07. The molecule has 0 aliphatic carbocycles. The van der Waals surface area contributed by atoms with E-state index < -0.39 is 0 Å². The topological polar surface area (TPSA) is 64.9 Å². The second-order valence-corrected chi connectivity index (χ2v) is 3.46. The molecule has 0 spiro atoms. The lowest BCUT2D eigenvalue weighted by Crippen LogP contribution is -1.96. The molecule has 16 heavy (non-hydrogen) atoms. The molecular weight excluding hydrogens is 202 g/mol. The SMILES string of the molecule is Nc1nc(-c2ccoc2)nc2ccccc12. The van der Waals surface area contributed by atoms with Gasteiger partial charge in [-0.2, -0.15) is 0 Å². The number of benzene rings is 1. The van der Waals surface area contributed by atoms with Crippen LogP contribution in [0.2, 0.25) is 0 Å². The zero-order valence-electron chi connectivity index (χ0n) is 8.42. The predicted molar refractivity (Wildman–Crippen MR) is 61.7 cm³/mol. The lowest BCUT2D eigenvalue weighted by molar-refractivity contribution is 0.568. The van der Waals surface area contributed by atoms with Gasteiger partial charge >= 0.3 is 0 Å². The van der Waals surface area contributed by atoms with Gasteiger partial charge in [-0.15, -0.1) is 0 Å². The molecule has 0 fully saturated rings. The Morgan fingerprint density at radius 2 is 1.94 bits per heavy atom. The summed E-state index contributed by atoms with van der Waals surface area (Å²) in [6.07, 6.45) is 3.19. The molecule has 0 amide bonds. The first-order valence-electron chi connectivity index (χ1n) is 4.89. The van der Waals surface area contributed by atoms with Crippen LogP contribution in [-0.2, 0) is 0 Å². The minimum atomic E-state index is 0.488. The Morgan fingerprint density at radius 3 is 2.75 bits per heavy atom. The van der Waals surface area contributed by atoms with E-state index in [1.54, 1.807) is 12.5 Å². The fourth-order valence-corrected chi connectivity index (χ4v) is 1.62. The first kappa shape index (κ1) is 8.91. The summed E-state index contributed by atoms with van der Waals surface area (Å²) in [5.74, 6) is 1.08. The van der Waals surface area contributed by atoms with Crippen molar-refractivity contribution in [2.75, 3.05) is 5.73 Å². The molecule has 1 aromatic carbocycles. The van der Waals surface area contributed by atoms with Crippen LogP contribution in [0, 0.1) is 0 Å². The van der Waals surface area contributed by atoms with Crippen molar-refractivity contribution in [2.24, 2.45) is 0 Å². The van der Waals surface area contributed by atoms with Crippen molar-refractivity contribution in [1.29, 1.82) is 0 Å². The van der Waals surface area contributed by atoms with Crippen molar-refractivity contribution in [3.05, 3.63) is 42.9 Å². The first-order chi connectivity index (χ1) is 7.84. The van der Waals surface area contributed by atoms with E-state index in [0.29, 0.717) is 11.6 Å². The number of nitrogens with two attached hydrogens (primary N) is 1. The molecule has 2 N–H and O–H groups in total. The molecular formula is C12H9N3O. The van der Waals surface area contributed by atoms with Crippen molar-refractivity contribution in [2.45, 2.75) is 0 Å². The molecule has 2 aromatic heterocycles. The Morgan fingerprint density at radius 1 is 1.06 bits per heavy atom. The maximum Gasteiger partial charge on any atom is 0.165 e. The quantitative estimate of drug-likeness (QED) is 0.671. The van der Waals surface area contributed by atoms with Gasteiger partial charge in [-0.3, -0.25) is 0 Å². The van der Waals surface area contributed by atoms with Crippen LogP contribution in [0.25, 0.3) is 22.3 Å². The van der Waals surface area contributed by atoms with Crippen molar-refractivity contribution >= 4 is 16.7 Å². The highest BCUT2D eigenvalue weighted by Crippen LogP contribution is 2.22.